The Morgan fingerprint density at radius 1 is 1.32 bits per heavy atom. The third-order valence-corrected chi connectivity index (χ3v) is 2.51. The number of hydrogen-bond acceptors (Lipinski definition) is 5. The van der Waals surface area contributed by atoms with Crippen LogP contribution in [0, 0.1) is 6.92 Å². The molecule has 0 atom stereocenters. The van der Waals surface area contributed by atoms with E-state index in [9.17, 15) is 9.59 Å². The van der Waals surface area contributed by atoms with Crippen LogP contribution < -0.4 is 5.46 Å². The number of esters is 1. The van der Waals surface area contributed by atoms with E-state index in [4.69, 9.17) is 14.8 Å². The predicted octanol–water partition coefficient (Wildman–Crippen LogP) is 0.443. The minimum absolute atomic E-state index is 0.0774. The van der Waals surface area contributed by atoms with Crippen LogP contribution in [0.15, 0.2) is 12.1 Å². The van der Waals surface area contributed by atoms with Crippen LogP contribution in [0.2, 0.25) is 0 Å². The zero-order chi connectivity index (χ0) is 14.8. The van der Waals surface area contributed by atoms with Crippen LogP contribution in [0.3, 0.4) is 0 Å². The first-order chi connectivity index (χ1) is 8.65. The number of ether oxygens (including phenoxy) is 1. The first-order valence-corrected chi connectivity index (χ1v) is 5.85. The SMILES string of the molecule is Cc1c(C=O)cc(B(O)O)cc1C(=O)OC(C)(C)C. The van der Waals surface area contributed by atoms with Gasteiger partial charge in [-0.1, -0.05) is 6.07 Å². The molecule has 1 aromatic carbocycles. The van der Waals surface area contributed by atoms with Crippen LogP contribution in [0.4, 0.5) is 0 Å². The molecule has 0 saturated carbocycles. The Labute approximate surface area is 112 Å². The number of rotatable bonds is 3. The molecule has 0 amide bonds. The minimum Gasteiger partial charge on any atom is -0.456 e. The fourth-order valence-electron chi connectivity index (χ4n) is 1.58. The average Bonchev–Trinajstić information content (AvgIpc) is 2.26. The summed E-state index contributed by atoms with van der Waals surface area (Å²) >= 11 is 0. The molecule has 0 aliphatic carbocycles. The lowest BCUT2D eigenvalue weighted by Crippen LogP contribution is -2.32. The van der Waals surface area contributed by atoms with Gasteiger partial charge in [0.25, 0.3) is 0 Å². The molecule has 1 aromatic rings. The Bertz CT molecular complexity index is 502. The lowest BCUT2D eigenvalue weighted by molar-refractivity contribution is 0.00688. The van der Waals surface area contributed by atoms with Crippen molar-refractivity contribution in [2.45, 2.75) is 33.3 Å². The summed E-state index contributed by atoms with van der Waals surface area (Å²) in [5.74, 6) is -0.601. The maximum Gasteiger partial charge on any atom is 0.488 e. The zero-order valence-electron chi connectivity index (χ0n) is 11.4. The van der Waals surface area contributed by atoms with E-state index >= 15 is 0 Å². The second-order valence-corrected chi connectivity index (χ2v) is 5.28. The second-order valence-electron chi connectivity index (χ2n) is 5.28. The Hall–Kier alpha value is -1.66. The normalized spacial score (nSPS) is 11.1. The Morgan fingerprint density at radius 2 is 1.89 bits per heavy atom. The Morgan fingerprint density at radius 3 is 2.32 bits per heavy atom. The molecule has 0 radical (unpaired) electrons. The molecule has 0 unspecified atom stereocenters. The minimum atomic E-state index is -1.75. The van der Waals surface area contributed by atoms with Gasteiger partial charge in [-0.25, -0.2) is 4.79 Å². The summed E-state index contributed by atoms with van der Waals surface area (Å²) < 4.78 is 5.22. The van der Waals surface area contributed by atoms with Gasteiger partial charge < -0.3 is 14.8 Å². The monoisotopic (exact) mass is 264 g/mol. The number of hydrogen-bond donors (Lipinski definition) is 2. The van der Waals surface area contributed by atoms with Gasteiger partial charge in [0, 0.05) is 5.56 Å². The molecule has 0 saturated heterocycles. The van der Waals surface area contributed by atoms with Crippen LogP contribution in [0.1, 0.15) is 47.1 Å². The molecule has 6 heteroatoms. The van der Waals surface area contributed by atoms with Crippen LogP contribution in [0.5, 0.6) is 0 Å². The van der Waals surface area contributed by atoms with E-state index in [0.717, 1.165) is 0 Å². The van der Waals surface area contributed by atoms with E-state index in [1.807, 2.05) is 0 Å². The molecular weight excluding hydrogens is 247 g/mol. The summed E-state index contributed by atoms with van der Waals surface area (Å²) in [6.45, 7) is 6.79. The Kier molecular flexibility index (Phi) is 4.50. The van der Waals surface area contributed by atoms with Crippen LogP contribution >= 0.6 is 0 Å². The van der Waals surface area contributed by atoms with Crippen molar-refractivity contribution in [1.82, 2.24) is 0 Å². The number of aldehydes is 1. The van der Waals surface area contributed by atoms with Crippen molar-refractivity contribution in [2.75, 3.05) is 0 Å². The van der Waals surface area contributed by atoms with E-state index in [0.29, 0.717) is 11.8 Å². The summed E-state index contributed by atoms with van der Waals surface area (Å²) in [5.41, 5.74) is 0.245. The van der Waals surface area contributed by atoms with Crippen LogP contribution in [0.25, 0.3) is 0 Å². The third-order valence-electron chi connectivity index (χ3n) is 2.51. The van der Waals surface area contributed by atoms with Gasteiger partial charge in [0.05, 0.1) is 5.56 Å². The predicted molar refractivity (Wildman–Crippen MR) is 71.6 cm³/mol. The molecule has 0 spiro atoms. The fraction of sp³-hybridized carbons (Fsp3) is 0.385. The lowest BCUT2D eigenvalue weighted by Gasteiger charge is -2.20. The largest absolute Gasteiger partial charge is 0.488 e. The van der Waals surface area contributed by atoms with E-state index in [1.165, 1.54) is 12.1 Å². The van der Waals surface area contributed by atoms with Gasteiger partial charge in [0.1, 0.15) is 11.9 Å². The second kappa shape index (κ2) is 5.55. The van der Waals surface area contributed by atoms with E-state index < -0.39 is 18.7 Å². The molecule has 1 rings (SSSR count). The van der Waals surface area contributed by atoms with E-state index in [1.54, 1.807) is 27.7 Å². The summed E-state index contributed by atoms with van der Waals surface area (Å²) in [6.07, 6.45) is 0.565. The van der Waals surface area contributed by atoms with E-state index in [2.05, 4.69) is 0 Å². The molecule has 2 N–H and O–H groups in total. The molecule has 0 aliphatic heterocycles. The topological polar surface area (TPSA) is 83.8 Å². The van der Waals surface area contributed by atoms with Gasteiger partial charge >= 0.3 is 13.1 Å². The molecule has 0 heterocycles. The maximum atomic E-state index is 12.0. The van der Waals surface area contributed by atoms with Gasteiger partial charge in [0.15, 0.2) is 0 Å². The fourth-order valence-corrected chi connectivity index (χ4v) is 1.58. The number of benzene rings is 1. The Balaban J connectivity index is 3.29. The maximum absolute atomic E-state index is 12.0. The highest BCUT2D eigenvalue weighted by Gasteiger charge is 2.23. The van der Waals surface area contributed by atoms with Crippen LogP contribution in [-0.4, -0.2) is 35.0 Å². The third kappa shape index (κ3) is 3.91. The van der Waals surface area contributed by atoms with Crippen molar-refractivity contribution < 1.29 is 24.4 Å². The van der Waals surface area contributed by atoms with Crippen molar-refractivity contribution >= 4 is 24.8 Å². The van der Waals surface area contributed by atoms with Crippen molar-refractivity contribution in [3.63, 3.8) is 0 Å². The number of carbonyl (C=O) groups excluding carboxylic acids is 2. The van der Waals surface area contributed by atoms with Gasteiger partial charge in [0.2, 0.25) is 0 Å². The standard InChI is InChI=1S/C13H17BO5/c1-8-9(7-15)5-10(14(17)18)6-11(8)12(16)19-13(2,3)4/h5-7,17-18H,1-4H3. The van der Waals surface area contributed by atoms with Crippen molar-refractivity contribution in [2.24, 2.45) is 0 Å². The van der Waals surface area contributed by atoms with Crippen LogP contribution in [-0.2, 0) is 4.74 Å². The highest BCUT2D eigenvalue weighted by atomic mass is 16.6. The van der Waals surface area contributed by atoms with Crippen molar-refractivity contribution in [1.29, 1.82) is 0 Å². The highest BCUT2D eigenvalue weighted by Crippen LogP contribution is 2.16. The first kappa shape index (κ1) is 15.4. The van der Waals surface area contributed by atoms with Crippen molar-refractivity contribution in [3.8, 4) is 0 Å². The van der Waals surface area contributed by atoms with Gasteiger partial charge in [-0.2, -0.15) is 0 Å². The molecule has 0 bridgehead atoms. The summed E-state index contributed by atoms with van der Waals surface area (Å²) in [5, 5.41) is 18.3. The van der Waals surface area contributed by atoms with Gasteiger partial charge in [-0.15, -0.1) is 0 Å². The molecule has 0 aromatic heterocycles. The zero-order valence-corrected chi connectivity index (χ0v) is 11.4. The first-order valence-electron chi connectivity index (χ1n) is 5.85. The van der Waals surface area contributed by atoms with Crippen molar-refractivity contribution in [3.05, 3.63) is 28.8 Å². The molecule has 0 fully saturated rings. The quantitative estimate of drug-likeness (QED) is 0.470. The number of carbonyl (C=O) groups is 2. The summed E-state index contributed by atoms with van der Waals surface area (Å²) in [7, 11) is -1.75. The van der Waals surface area contributed by atoms with Gasteiger partial charge in [-0.3, -0.25) is 4.79 Å². The highest BCUT2D eigenvalue weighted by molar-refractivity contribution is 6.58. The van der Waals surface area contributed by atoms with Gasteiger partial charge in [-0.05, 0) is 44.8 Å². The molecule has 102 valence electrons. The smallest absolute Gasteiger partial charge is 0.456 e. The lowest BCUT2D eigenvalue weighted by atomic mass is 9.77. The molecule has 0 aliphatic rings. The van der Waals surface area contributed by atoms with E-state index in [-0.39, 0.29) is 16.6 Å². The summed E-state index contributed by atoms with van der Waals surface area (Å²) in [6, 6.07) is 2.65. The average molecular weight is 264 g/mol. The molecule has 5 nitrogen and oxygen atoms in total. The molecule has 19 heavy (non-hydrogen) atoms. The summed E-state index contributed by atoms with van der Waals surface area (Å²) in [4.78, 5) is 23.0. The molecular formula is C13H17BO5.